The molecule has 0 saturated carbocycles. The molecule has 0 saturated heterocycles. The Kier molecular flexibility index (Phi) is 3.91. The molecule has 0 radical (unpaired) electrons. The Morgan fingerprint density at radius 1 is 1.38 bits per heavy atom. The van der Waals surface area contributed by atoms with E-state index in [2.05, 4.69) is 23.7 Å². The third-order valence-corrected chi connectivity index (χ3v) is 3.37. The van der Waals surface area contributed by atoms with E-state index in [1.165, 1.54) is 6.07 Å². The zero-order valence-electron chi connectivity index (χ0n) is 12.8. The van der Waals surface area contributed by atoms with E-state index in [0.717, 1.165) is 6.54 Å². The molecule has 1 aromatic carbocycles. The number of nitrogens with one attached hydrogen (secondary N) is 1. The predicted octanol–water partition coefficient (Wildman–Crippen LogP) is 1.62. The fourth-order valence-electron chi connectivity index (χ4n) is 2.85. The average Bonchev–Trinajstić information content (AvgIpc) is 2.63. The van der Waals surface area contributed by atoms with Crippen molar-refractivity contribution >= 4 is 17.0 Å². The Hall–Kier alpha value is -2.08. The van der Waals surface area contributed by atoms with E-state index in [0.29, 0.717) is 17.6 Å². The Morgan fingerprint density at radius 2 is 2.05 bits per heavy atom. The van der Waals surface area contributed by atoms with Gasteiger partial charge in [0.1, 0.15) is 0 Å². The molecule has 2 aromatic rings. The van der Waals surface area contributed by atoms with Crippen molar-refractivity contribution < 1.29 is 9.90 Å². The lowest BCUT2D eigenvalue weighted by Gasteiger charge is -2.28. The summed E-state index contributed by atoms with van der Waals surface area (Å²) < 4.78 is 1.62. The van der Waals surface area contributed by atoms with Gasteiger partial charge in [0.05, 0.1) is 16.6 Å². The third-order valence-electron chi connectivity index (χ3n) is 3.37. The van der Waals surface area contributed by atoms with Gasteiger partial charge in [-0.25, -0.2) is 9.59 Å². The summed E-state index contributed by atoms with van der Waals surface area (Å²) in [7, 11) is 3.98. The molecule has 2 N–H and O–H groups in total. The van der Waals surface area contributed by atoms with E-state index in [9.17, 15) is 14.7 Å². The number of H-pyrrole nitrogens is 1. The number of aromatic carboxylic acids is 1. The summed E-state index contributed by atoms with van der Waals surface area (Å²) in [6, 6.07) is 4.93. The number of carboxylic acids is 1. The molecule has 1 aromatic heterocycles. The van der Waals surface area contributed by atoms with Crippen molar-refractivity contribution in [2.75, 3.05) is 20.6 Å². The molecule has 2 rings (SSSR count). The first-order valence-electron chi connectivity index (χ1n) is 6.81. The Balaban J connectivity index is 2.51. The van der Waals surface area contributed by atoms with Crippen molar-refractivity contribution in [1.29, 1.82) is 0 Å². The summed E-state index contributed by atoms with van der Waals surface area (Å²) in [5.41, 5.74) is 0.753. The number of para-hydroxylation sites is 1. The lowest BCUT2D eigenvalue weighted by atomic mass is 9.93. The fraction of sp³-hybridized carbons (Fsp3) is 0.467. The molecule has 0 aliphatic heterocycles. The Labute approximate surface area is 123 Å². The maximum absolute atomic E-state index is 12.2. The molecule has 6 nitrogen and oxygen atoms in total. The van der Waals surface area contributed by atoms with Crippen LogP contribution in [0.2, 0.25) is 0 Å². The summed E-state index contributed by atoms with van der Waals surface area (Å²) in [4.78, 5) is 28.1. The maximum Gasteiger partial charge on any atom is 0.337 e. The molecule has 0 bridgehead atoms. The zero-order valence-corrected chi connectivity index (χ0v) is 12.8. The van der Waals surface area contributed by atoms with Gasteiger partial charge in [0.2, 0.25) is 0 Å². The number of carboxylic acid groups (broad SMARTS) is 1. The maximum atomic E-state index is 12.2. The van der Waals surface area contributed by atoms with Gasteiger partial charge in [-0.2, -0.15) is 0 Å². The fourth-order valence-corrected chi connectivity index (χ4v) is 2.85. The molecule has 0 unspecified atom stereocenters. The number of hydrogen-bond donors (Lipinski definition) is 2. The zero-order chi connectivity index (χ0) is 15.8. The van der Waals surface area contributed by atoms with Crippen LogP contribution in [0.3, 0.4) is 0 Å². The van der Waals surface area contributed by atoms with Crippen LogP contribution in [-0.4, -0.2) is 46.2 Å². The number of imidazole rings is 1. The molecule has 21 heavy (non-hydrogen) atoms. The first-order valence-corrected chi connectivity index (χ1v) is 6.81. The summed E-state index contributed by atoms with van der Waals surface area (Å²) in [5, 5.41) is 9.20. The van der Waals surface area contributed by atoms with Gasteiger partial charge in [0.15, 0.2) is 0 Å². The lowest BCUT2D eigenvalue weighted by Crippen LogP contribution is -2.35. The number of rotatable bonds is 5. The molecule has 0 atom stereocenters. The SMILES string of the molecule is CN(C)CC(C)(C)Cn1c(=O)[nH]c2c(C(=O)O)cccc21. The summed E-state index contributed by atoms with van der Waals surface area (Å²) in [6.45, 7) is 5.51. The highest BCUT2D eigenvalue weighted by atomic mass is 16.4. The first-order chi connectivity index (χ1) is 9.71. The molecule has 1 heterocycles. The van der Waals surface area contributed by atoms with E-state index in [1.807, 2.05) is 14.1 Å². The van der Waals surface area contributed by atoms with Crippen LogP contribution in [0, 0.1) is 5.41 Å². The van der Waals surface area contributed by atoms with Crippen molar-refractivity contribution in [3.05, 3.63) is 34.2 Å². The highest BCUT2D eigenvalue weighted by Gasteiger charge is 2.23. The second-order valence-corrected chi connectivity index (χ2v) is 6.42. The minimum absolute atomic E-state index is 0.109. The minimum atomic E-state index is -1.04. The number of aromatic amines is 1. The Morgan fingerprint density at radius 3 is 2.62 bits per heavy atom. The molecular formula is C15H21N3O3. The van der Waals surface area contributed by atoms with E-state index < -0.39 is 5.97 Å². The van der Waals surface area contributed by atoms with Gasteiger partial charge in [-0.15, -0.1) is 0 Å². The van der Waals surface area contributed by atoms with Crippen LogP contribution >= 0.6 is 0 Å². The van der Waals surface area contributed by atoms with Crippen LogP contribution in [0.25, 0.3) is 11.0 Å². The van der Waals surface area contributed by atoms with Crippen LogP contribution < -0.4 is 5.69 Å². The summed E-state index contributed by atoms with van der Waals surface area (Å²) >= 11 is 0. The van der Waals surface area contributed by atoms with Gasteiger partial charge in [0, 0.05) is 13.1 Å². The van der Waals surface area contributed by atoms with Gasteiger partial charge < -0.3 is 15.0 Å². The van der Waals surface area contributed by atoms with Gasteiger partial charge >= 0.3 is 11.7 Å². The van der Waals surface area contributed by atoms with Crippen LogP contribution in [0.5, 0.6) is 0 Å². The van der Waals surface area contributed by atoms with Crippen molar-refractivity contribution in [3.63, 3.8) is 0 Å². The predicted molar refractivity (Wildman–Crippen MR) is 81.9 cm³/mol. The standard InChI is InChI=1S/C15H21N3O3/c1-15(2,8-17(3)4)9-18-11-7-5-6-10(13(19)20)12(11)16-14(18)21/h5-7H,8-9H2,1-4H3,(H,16,21)(H,19,20). The van der Waals surface area contributed by atoms with E-state index >= 15 is 0 Å². The number of benzene rings is 1. The summed E-state index contributed by atoms with van der Waals surface area (Å²) in [6.07, 6.45) is 0. The minimum Gasteiger partial charge on any atom is -0.478 e. The molecule has 0 aliphatic rings. The third kappa shape index (κ3) is 3.16. The molecule has 0 fully saturated rings. The quantitative estimate of drug-likeness (QED) is 0.877. The second kappa shape index (κ2) is 5.37. The molecule has 114 valence electrons. The normalized spacial score (nSPS) is 12.2. The summed E-state index contributed by atoms with van der Waals surface area (Å²) in [5.74, 6) is -1.04. The Bertz CT molecular complexity index is 725. The van der Waals surface area contributed by atoms with E-state index in [-0.39, 0.29) is 16.7 Å². The van der Waals surface area contributed by atoms with Crippen LogP contribution in [0.4, 0.5) is 0 Å². The van der Waals surface area contributed by atoms with Crippen molar-refractivity contribution in [2.45, 2.75) is 20.4 Å². The van der Waals surface area contributed by atoms with Crippen LogP contribution in [-0.2, 0) is 6.54 Å². The molecule has 0 spiro atoms. The van der Waals surface area contributed by atoms with Gasteiger partial charge in [-0.1, -0.05) is 19.9 Å². The van der Waals surface area contributed by atoms with Crippen LogP contribution in [0.1, 0.15) is 24.2 Å². The average molecular weight is 291 g/mol. The largest absolute Gasteiger partial charge is 0.478 e. The van der Waals surface area contributed by atoms with Crippen molar-refractivity contribution in [2.24, 2.45) is 5.41 Å². The van der Waals surface area contributed by atoms with Crippen molar-refractivity contribution in [1.82, 2.24) is 14.5 Å². The van der Waals surface area contributed by atoms with Gasteiger partial charge in [-0.3, -0.25) is 4.57 Å². The highest BCUT2D eigenvalue weighted by Crippen LogP contribution is 2.22. The van der Waals surface area contributed by atoms with Gasteiger partial charge in [-0.05, 0) is 31.6 Å². The number of aromatic nitrogens is 2. The number of nitrogens with zero attached hydrogens (tertiary/aromatic N) is 2. The van der Waals surface area contributed by atoms with Gasteiger partial charge in [0.25, 0.3) is 0 Å². The van der Waals surface area contributed by atoms with Crippen molar-refractivity contribution in [3.8, 4) is 0 Å². The molecule has 0 aliphatic carbocycles. The molecule has 6 heteroatoms. The smallest absolute Gasteiger partial charge is 0.337 e. The monoisotopic (exact) mass is 291 g/mol. The van der Waals surface area contributed by atoms with E-state index in [1.54, 1.807) is 16.7 Å². The van der Waals surface area contributed by atoms with E-state index in [4.69, 9.17) is 0 Å². The number of carbonyl (C=O) groups is 1. The second-order valence-electron chi connectivity index (χ2n) is 6.42. The topological polar surface area (TPSA) is 78.3 Å². The first kappa shape index (κ1) is 15.3. The lowest BCUT2D eigenvalue weighted by molar-refractivity contribution is 0.0699. The number of fused-ring (bicyclic) bond motifs is 1. The molecule has 0 amide bonds. The van der Waals surface area contributed by atoms with Crippen LogP contribution in [0.15, 0.2) is 23.0 Å². The molecular weight excluding hydrogens is 270 g/mol. The highest BCUT2D eigenvalue weighted by molar-refractivity contribution is 6.00. The number of hydrogen-bond acceptors (Lipinski definition) is 3.